The van der Waals surface area contributed by atoms with E-state index in [1.807, 2.05) is 20.8 Å². The molecule has 1 aromatic rings. The van der Waals surface area contributed by atoms with Crippen molar-refractivity contribution in [1.82, 2.24) is 4.98 Å². The number of hydrogen-bond donors (Lipinski definition) is 2. The molecule has 14 heavy (non-hydrogen) atoms. The topological polar surface area (TPSA) is 62.0 Å². The van der Waals surface area contributed by atoms with Gasteiger partial charge in [0.15, 0.2) is 0 Å². The Kier molecular flexibility index (Phi) is 2.74. The van der Waals surface area contributed by atoms with Gasteiger partial charge in [0.2, 0.25) is 11.5 Å². The minimum absolute atomic E-state index is 0.0791. The molecule has 1 aromatic heterocycles. The molecule has 0 aliphatic heterocycles. The van der Waals surface area contributed by atoms with Gasteiger partial charge in [-0.05, 0) is 6.07 Å². The predicted molar refractivity (Wildman–Crippen MR) is 55.1 cm³/mol. The molecule has 0 spiro atoms. The second-order valence-corrected chi connectivity index (χ2v) is 4.15. The van der Waals surface area contributed by atoms with Crippen molar-refractivity contribution in [3.63, 3.8) is 0 Å². The normalized spacial score (nSPS) is 11.1. The highest BCUT2D eigenvalue weighted by Crippen LogP contribution is 2.15. The summed E-state index contributed by atoms with van der Waals surface area (Å²) in [5.74, 6) is -0.0791. The fraction of sp³-hybridized carbons (Fsp3) is 0.400. The van der Waals surface area contributed by atoms with Gasteiger partial charge in [-0.3, -0.25) is 9.59 Å². The maximum absolute atomic E-state index is 11.5. The lowest BCUT2D eigenvalue weighted by molar-refractivity contribution is -0.123. The average molecular weight is 194 g/mol. The van der Waals surface area contributed by atoms with Gasteiger partial charge in [-0.25, -0.2) is 0 Å². The maximum Gasteiger partial charge on any atom is 0.248 e. The minimum Gasteiger partial charge on any atom is -0.327 e. The molecule has 0 radical (unpaired) electrons. The summed E-state index contributed by atoms with van der Waals surface area (Å²) in [4.78, 5) is 24.7. The molecule has 0 fully saturated rings. The maximum atomic E-state index is 11.5. The Balaban J connectivity index is 2.75. The first-order valence-corrected chi connectivity index (χ1v) is 4.40. The van der Waals surface area contributed by atoms with Crippen molar-refractivity contribution >= 4 is 11.6 Å². The molecule has 4 heteroatoms. The number of rotatable bonds is 1. The molecule has 4 nitrogen and oxygen atoms in total. The Labute approximate surface area is 82.3 Å². The predicted octanol–water partition coefficient (Wildman–Crippen LogP) is 1.36. The summed E-state index contributed by atoms with van der Waals surface area (Å²) < 4.78 is 0. The third kappa shape index (κ3) is 2.73. The number of amides is 1. The Bertz CT molecular complexity index is 367. The van der Waals surface area contributed by atoms with Crippen LogP contribution in [0.15, 0.2) is 23.1 Å². The number of carbonyl (C=O) groups is 1. The zero-order valence-electron chi connectivity index (χ0n) is 8.55. The Morgan fingerprint density at radius 3 is 2.43 bits per heavy atom. The fourth-order valence-corrected chi connectivity index (χ4v) is 0.807. The van der Waals surface area contributed by atoms with Crippen LogP contribution in [0.1, 0.15) is 20.8 Å². The molecule has 0 atom stereocenters. The van der Waals surface area contributed by atoms with E-state index in [2.05, 4.69) is 10.3 Å². The molecule has 0 unspecified atom stereocenters. The van der Waals surface area contributed by atoms with E-state index in [0.717, 1.165) is 0 Å². The number of pyridine rings is 1. The van der Waals surface area contributed by atoms with Crippen LogP contribution >= 0.6 is 0 Å². The zero-order chi connectivity index (χ0) is 10.8. The van der Waals surface area contributed by atoms with Gasteiger partial charge in [0.1, 0.15) is 0 Å². The second kappa shape index (κ2) is 3.65. The number of hydrogen-bond acceptors (Lipinski definition) is 2. The summed E-state index contributed by atoms with van der Waals surface area (Å²) in [5.41, 5.74) is -0.0147. The SMILES string of the molecule is CC(C)(C)C(=O)Nc1ccc(=O)[nH]c1. The van der Waals surface area contributed by atoms with E-state index in [1.165, 1.54) is 12.3 Å². The first-order chi connectivity index (χ1) is 6.39. The third-order valence-corrected chi connectivity index (χ3v) is 1.72. The Morgan fingerprint density at radius 1 is 1.36 bits per heavy atom. The van der Waals surface area contributed by atoms with Crippen molar-refractivity contribution in [2.75, 3.05) is 5.32 Å². The summed E-state index contributed by atoms with van der Waals surface area (Å²) in [5, 5.41) is 2.70. The number of nitrogens with one attached hydrogen (secondary N) is 2. The second-order valence-electron chi connectivity index (χ2n) is 4.15. The van der Waals surface area contributed by atoms with Gasteiger partial charge in [-0.1, -0.05) is 20.8 Å². The smallest absolute Gasteiger partial charge is 0.248 e. The first kappa shape index (κ1) is 10.5. The number of aromatic amines is 1. The van der Waals surface area contributed by atoms with Crippen LogP contribution in [0.3, 0.4) is 0 Å². The van der Waals surface area contributed by atoms with Crippen LogP contribution in [0.25, 0.3) is 0 Å². The van der Waals surface area contributed by atoms with Crippen LogP contribution in [0, 0.1) is 5.41 Å². The largest absolute Gasteiger partial charge is 0.327 e. The fourth-order valence-electron chi connectivity index (χ4n) is 0.807. The first-order valence-electron chi connectivity index (χ1n) is 4.40. The van der Waals surface area contributed by atoms with E-state index in [4.69, 9.17) is 0 Å². The molecule has 1 amide bonds. The van der Waals surface area contributed by atoms with E-state index in [0.29, 0.717) is 5.69 Å². The molecule has 0 aromatic carbocycles. The van der Waals surface area contributed by atoms with E-state index in [-0.39, 0.29) is 11.5 Å². The molecule has 0 saturated carbocycles. The standard InChI is InChI=1S/C10H14N2O2/c1-10(2,3)9(14)12-7-4-5-8(13)11-6-7/h4-6H,1-3H3,(H,11,13)(H,12,14). The zero-order valence-corrected chi connectivity index (χ0v) is 8.55. The number of aromatic nitrogens is 1. The summed E-state index contributed by atoms with van der Waals surface area (Å²) in [7, 11) is 0. The lowest BCUT2D eigenvalue weighted by atomic mass is 9.96. The summed E-state index contributed by atoms with van der Waals surface area (Å²) in [6.07, 6.45) is 1.48. The molecule has 76 valence electrons. The van der Waals surface area contributed by atoms with Crippen molar-refractivity contribution in [1.29, 1.82) is 0 Å². The van der Waals surface area contributed by atoms with Gasteiger partial charge in [-0.15, -0.1) is 0 Å². The molecular formula is C10H14N2O2. The summed E-state index contributed by atoms with van der Waals surface area (Å²) >= 11 is 0. The molecule has 0 aliphatic rings. The van der Waals surface area contributed by atoms with E-state index < -0.39 is 5.41 Å². The van der Waals surface area contributed by atoms with Gasteiger partial charge < -0.3 is 10.3 Å². The average Bonchev–Trinajstić information content (AvgIpc) is 2.07. The molecule has 1 rings (SSSR count). The van der Waals surface area contributed by atoms with Crippen molar-refractivity contribution in [3.8, 4) is 0 Å². The molecule has 0 bridgehead atoms. The number of anilines is 1. The van der Waals surface area contributed by atoms with Crippen LogP contribution in [0.5, 0.6) is 0 Å². The lowest BCUT2D eigenvalue weighted by Crippen LogP contribution is -2.27. The van der Waals surface area contributed by atoms with Crippen LogP contribution in [-0.4, -0.2) is 10.9 Å². The Morgan fingerprint density at radius 2 is 2.00 bits per heavy atom. The van der Waals surface area contributed by atoms with Crippen LogP contribution in [0.4, 0.5) is 5.69 Å². The van der Waals surface area contributed by atoms with Crippen molar-refractivity contribution in [2.45, 2.75) is 20.8 Å². The van der Waals surface area contributed by atoms with Crippen molar-refractivity contribution in [3.05, 3.63) is 28.7 Å². The van der Waals surface area contributed by atoms with Gasteiger partial charge in [0.25, 0.3) is 0 Å². The highest BCUT2D eigenvalue weighted by Gasteiger charge is 2.20. The van der Waals surface area contributed by atoms with Crippen LogP contribution < -0.4 is 10.9 Å². The van der Waals surface area contributed by atoms with Crippen LogP contribution in [0.2, 0.25) is 0 Å². The quantitative estimate of drug-likeness (QED) is 0.709. The molecule has 2 N–H and O–H groups in total. The highest BCUT2D eigenvalue weighted by molar-refractivity contribution is 5.94. The van der Waals surface area contributed by atoms with Gasteiger partial charge >= 0.3 is 0 Å². The molecular weight excluding hydrogens is 180 g/mol. The number of H-pyrrole nitrogens is 1. The van der Waals surface area contributed by atoms with Gasteiger partial charge in [0.05, 0.1) is 5.69 Å². The molecule has 0 saturated heterocycles. The van der Waals surface area contributed by atoms with E-state index in [1.54, 1.807) is 6.07 Å². The summed E-state index contributed by atoms with van der Waals surface area (Å²) in [6, 6.07) is 2.95. The molecule has 0 aliphatic carbocycles. The monoisotopic (exact) mass is 194 g/mol. The van der Waals surface area contributed by atoms with E-state index >= 15 is 0 Å². The molecule has 1 heterocycles. The van der Waals surface area contributed by atoms with Gasteiger partial charge in [0, 0.05) is 17.7 Å². The Hall–Kier alpha value is -1.58. The summed E-state index contributed by atoms with van der Waals surface area (Å²) in [6.45, 7) is 5.48. The third-order valence-electron chi connectivity index (χ3n) is 1.72. The lowest BCUT2D eigenvalue weighted by Gasteiger charge is -2.17. The van der Waals surface area contributed by atoms with Crippen LogP contribution in [-0.2, 0) is 4.79 Å². The minimum atomic E-state index is -0.434. The van der Waals surface area contributed by atoms with E-state index in [9.17, 15) is 9.59 Å². The number of carbonyl (C=O) groups excluding carboxylic acids is 1. The van der Waals surface area contributed by atoms with Gasteiger partial charge in [-0.2, -0.15) is 0 Å². The van der Waals surface area contributed by atoms with Crippen molar-refractivity contribution < 1.29 is 4.79 Å². The van der Waals surface area contributed by atoms with Crippen molar-refractivity contribution in [2.24, 2.45) is 5.41 Å². The highest BCUT2D eigenvalue weighted by atomic mass is 16.2.